The van der Waals surface area contributed by atoms with Crippen LogP contribution in [0.3, 0.4) is 0 Å². The number of hydrogen-bond donors (Lipinski definition) is 2. The first-order chi connectivity index (χ1) is 6.72. The summed E-state index contributed by atoms with van der Waals surface area (Å²) in [5.74, 6) is -0.0489. The Balaban J connectivity index is 2.30. The predicted molar refractivity (Wildman–Crippen MR) is 54.8 cm³/mol. The molecular weight excluding hydrogens is 180 g/mol. The summed E-state index contributed by atoms with van der Waals surface area (Å²) in [6.07, 6.45) is 4.74. The molecule has 0 aromatic carbocycles. The molecular formula is C10H20N2O2. The Kier molecular flexibility index (Phi) is 4.35. The van der Waals surface area contributed by atoms with Crippen LogP contribution in [0.25, 0.3) is 0 Å². The van der Waals surface area contributed by atoms with Gasteiger partial charge in [-0.3, -0.25) is 4.79 Å². The molecule has 0 unspecified atom stereocenters. The summed E-state index contributed by atoms with van der Waals surface area (Å²) in [6.45, 7) is 1.51. The first-order valence-corrected chi connectivity index (χ1v) is 5.18. The highest BCUT2D eigenvalue weighted by Gasteiger charge is 2.32. The van der Waals surface area contributed by atoms with Gasteiger partial charge in [-0.05, 0) is 24.8 Å². The van der Waals surface area contributed by atoms with E-state index in [-0.39, 0.29) is 17.9 Å². The minimum atomic E-state index is -0.0489. The van der Waals surface area contributed by atoms with E-state index in [0.29, 0.717) is 13.1 Å². The van der Waals surface area contributed by atoms with Crippen molar-refractivity contribution in [2.45, 2.75) is 25.7 Å². The molecule has 0 bridgehead atoms. The topological polar surface area (TPSA) is 64.3 Å². The molecule has 0 saturated heterocycles. The maximum Gasteiger partial charge on any atom is 0.246 e. The molecule has 3 N–H and O–H groups in total. The standard InChI is InChI=1S/C10H20N2O2/c1-14-6-9(13)12-8-10(7-11)4-2-3-5-10/h2-8,11H2,1H3,(H,12,13). The van der Waals surface area contributed by atoms with Crippen molar-refractivity contribution in [2.24, 2.45) is 11.1 Å². The molecule has 82 valence electrons. The lowest BCUT2D eigenvalue weighted by atomic mass is 9.86. The van der Waals surface area contributed by atoms with Crippen LogP contribution in [-0.2, 0) is 9.53 Å². The van der Waals surface area contributed by atoms with Crippen molar-refractivity contribution in [3.63, 3.8) is 0 Å². The van der Waals surface area contributed by atoms with Gasteiger partial charge in [-0.1, -0.05) is 12.8 Å². The fraction of sp³-hybridized carbons (Fsp3) is 0.900. The van der Waals surface area contributed by atoms with Crippen molar-refractivity contribution in [2.75, 3.05) is 26.8 Å². The average molecular weight is 200 g/mol. The summed E-state index contributed by atoms with van der Waals surface area (Å²) in [6, 6.07) is 0. The lowest BCUT2D eigenvalue weighted by molar-refractivity contribution is -0.125. The molecule has 1 amide bonds. The van der Waals surface area contributed by atoms with Crippen LogP contribution in [0.1, 0.15) is 25.7 Å². The summed E-state index contributed by atoms with van der Waals surface area (Å²) >= 11 is 0. The molecule has 1 aliphatic rings. The van der Waals surface area contributed by atoms with Crippen molar-refractivity contribution in [3.05, 3.63) is 0 Å². The molecule has 4 heteroatoms. The van der Waals surface area contributed by atoms with Gasteiger partial charge in [0.25, 0.3) is 0 Å². The fourth-order valence-corrected chi connectivity index (χ4v) is 2.05. The SMILES string of the molecule is COCC(=O)NCC1(CN)CCCC1. The number of methoxy groups -OCH3 is 1. The molecule has 1 saturated carbocycles. The van der Waals surface area contributed by atoms with E-state index in [0.717, 1.165) is 12.8 Å². The molecule has 0 aromatic heterocycles. The minimum absolute atomic E-state index is 0.0489. The van der Waals surface area contributed by atoms with Crippen LogP contribution in [0.2, 0.25) is 0 Å². The zero-order chi connectivity index (χ0) is 10.4. The maximum atomic E-state index is 11.2. The van der Waals surface area contributed by atoms with Gasteiger partial charge in [-0.25, -0.2) is 0 Å². The number of amides is 1. The van der Waals surface area contributed by atoms with Gasteiger partial charge in [0.2, 0.25) is 5.91 Å². The lowest BCUT2D eigenvalue weighted by Crippen LogP contribution is -2.41. The highest BCUT2D eigenvalue weighted by Crippen LogP contribution is 2.36. The molecule has 0 atom stereocenters. The van der Waals surface area contributed by atoms with E-state index in [1.807, 2.05) is 0 Å². The summed E-state index contributed by atoms with van der Waals surface area (Å²) in [7, 11) is 1.52. The van der Waals surface area contributed by atoms with Gasteiger partial charge < -0.3 is 15.8 Å². The van der Waals surface area contributed by atoms with Gasteiger partial charge in [0, 0.05) is 13.7 Å². The van der Waals surface area contributed by atoms with Crippen molar-refractivity contribution in [1.29, 1.82) is 0 Å². The minimum Gasteiger partial charge on any atom is -0.375 e. The fourth-order valence-electron chi connectivity index (χ4n) is 2.05. The molecule has 1 rings (SSSR count). The Labute approximate surface area is 85.2 Å². The quantitative estimate of drug-likeness (QED) is 0.669. The zero-order valence-corrected chi connectivity index (χ0v) is 8.84. The van der Waals surface area contributed by atoms with Gasteiger partial charge in [-0.15, -0.1) is 0 Å². The molecule has 0 spiro atoms. The number of carbonyl (C=O) groups is 1. The Morgan fingerprint density at radius 2 is 2.14 bits per heavy atom. The summed E-state index contributed by atoms with van der Waals surface area (Å²) < 4.78 is 4.74. The predicted octanol–water partition coefficient (Wildman–Crippen LogP) is 0.268. The highest BCUT2D eigenvalue weighted by molar-refractivity contribution is 5.77. The van der Waals surface area contributed by atoms with Gasteiger partial charge >= 0.3 is 0 Å². The second-order valence-electron chi connectivity index (χ2n) is 4.12. The summed E-state index contributed by atoms with van der Waals surface area (Å²) in [5, 5.41) is 2.87. The third-order valence-corrected chi connectivity index (χ3v) is 3.03. The van der Waals surface area contributed by atoms with Gasteiger partial charge in [0.05, 0.1) is 0 Å². The van der Waals surface area contributed by atoms with Gasteiger partial charge in [0.1, 0.15) is 6.61 Å². The number of nitrogens with two attached hydrogens (primary N) is 1. The molecule has 0 radical (unpaired) electrons. The number of ether oxygens (including phenoxy) is 1. The van der Waals surface area contributed by atoms with E-state index < -0.39 is 0 Å². The normalized spacial score (nSPS) is 19.6. The van der Waals surface area contributed by atoms with Crippen LogP contribution < -0.4 is 11.1 Å². The van der Waals surface area contributed by atoms with E-state index in [4.69, 9.17) is 10.5 Å². The molecule has 0 aromatic rings. The average Bonchev–Trinajstić information content (AvgIpc) is 2.65. The smallest absolute Gasteiger partial charge is 0.246 e. The Morgan fingerprint density at radius 3 is 2.64 bits per heavy atom. The Hall–Kier alpha value is -0.610. The van der Waals surface area contributed by atoms with Crippen molar-refractivity contribution in [1.82, 2.24) is 5.32 Å². The van der Waals surface area contributed by atoms with Gasteiger partial charge in [0.15, 0.2) is 0 Å². The van der Waals surface area contributed by atoms with E-state index in [9.17, 15) is 4.79 Å². The lowest BCUT2D eigenvalue weighted by Gasteiger charge is -2.27. The second-order valence-corrected chi connectivity index (χ2v) is 4.12. The molecule has 14 heavy (non-hydrogen) atoms. The number of rotatable bonds is 5. The first kappa shape index (κ1) is 11.5. The van der Waals surface area contributed by atoms with E-state index >= 15 is 0 Å². The Bertz CT molecular complexity index is 189. The van der Waals surface area contributed by atoms with Crippen molar-refractivity contribution >= 4 is 5.91 Å². The second kappa shape index (κ2) is 5.32. The van der Waals surface area contributed by atoms with E-state index in [1.54, 1.807) is 0 Å². The van der Waals surface area contributed by atoms with E-state index in [1.165, 1.54) is 20.0 Å². The molecule has 1 aliphatic carbocycles. The van der Waals surface area contributed by atoms with Crippen LogP contribution in [0.15, 0.2) is 0 Å². The van der Waals surface area contributed by atoms with E-state index in [2.05, 4.69) is 5.32 Å². The number of carbonyl (C=O) groups excluding carboxylic acids is 1. The third kappa shape index (κ3) is 2.96. The summed E-state index contributed by atoms with van der Waals surface area (Å²) in [5.41, 5.74) is 5.90. The number of hydrogen-bond acceptors (Lipinski definition) is 3. The van der Waals surface area contributed by atoms with Crippen LogP contribution >= 0.6 is 0 Å². The Morgan fingerprint density at radius 1 is 1.50 bits per heavy atom. The van der Waals surface area contributed by atoms with Crippen LogP contribution in [0, 0.1) is 5.41 Å². The molecule has 4 nitrogen and oxygen atoms in total. The number of nitrogens with one attached hydrogen (secondary N) is 1. The van der Waals surface area contributed by atoms with Crippen LogP contribution in [0.4, 0.5) is 0 Å². The van der Waals surface area contributed by atoms with Crippen molar-refractivity contribution < 1.29 is 9.53 Å². The van der Waals surface area contributed by atoms with Crippen LogP contribution in [0.5, 0.6) is 0 Å². The maximum absolute atomic E-state index is 11.2. The first-order valence-electron chi connectivity index (χ1n) is 5.18. The van der Waals surface area contributed by atoms with Crippen LogP contribution in [-0.4, -0.2) is 32.7 Å². The monoisotopic (exact) mass is 200 g/mol. The third-order valence-electron chi connectivity index (χ3n) is 3.03. The molecule has 0 heterocycles. The zero-order valence-electron chi connectivity index (χ0n) is 8.84. The van der Waals surface area contributed by atoms with Crippen molar-refractivity contribution in [3.8, 4) is 0 Å². The molecule has 1 fully saturated rings. The summed E-state index contributed by atoms with van der Waals surface area (Å²) in [4.78, 5) is 11.2. The largest absolute Gasteiger partial charge is 0.375 e. The molecule has 0 aliphatic heterocycles. The highest BCUT2D eigenvalue weighted by atomic mass is 16.5. The van der Waals surface area contributed by atoms with Gasteiger partial charge in [-0.2, -0.15) is 0 Å².